The quantitative estimate of drug-likeness (QED) is 0.534. The van der Waals surface area contributed by atoms with E-state index in [2.05, 4.69) is 17.4 Å². The SMILES string of the molecule is CN(CC1=CCCOC1)C(=O)C(CCC(=O)O)NC(=O)OCC1c2ccccc2-c2ccccc21. The number of hydrogen-bond donors (Lipinski definition) is 2. The summed E-state index contributed by atoms with van der Waals surface area (Å²) in [6.45, 7) is 1.58. The Morgan fingerprint density at radius 3 is 2.37 bits per heavy atom. The van der Waals surface area contributed by atoms with E-state index < -0.39 is 18.1 Å². The molecule has 2 aliphatic rings. The van der Waals surface area contributed by atoms with Crippen molar-refractivity contribution >= 4 is 18.0 Å². The molecule has 0 spiro atoms. The molecule has 1 heterocycles. The molecule has 0 radical (unpaired) electrons. The fourth-order valence-corrected chi connectivity index (χ4v) is 4.67. The summed E-state index contributed by atoms with van der Waals surface area (Å²) in [5, 5.41) is 11.7. The van der Waals surface area contributed by atoms with Crippen LogP contribution in [0.4, 0.5) is 4.79 Å². The molecule has 2 aromatic carbocycles. The molecule has 1 atom stereocenters. The lowest BCUT2D eigenvalue weighted by molar-refractivity contribution is -0.137. The van der Waals surface area contributed by atoms with Gasteiger partial charge in [0.1, 0.15) is 12.6 Å². The second-order valence-corrected chi connectivity index (χ2v) is 8.85. The summed E-state index contributed by atoms with van der Waals surface area (Å²) in [5.74, 6) is -1.52. The predicted octanol–water partition coefficient (Wildman–Crippen LogP) is 3.56. The van der Waals surface area contributed by atoms with E-state index in [0.29, 0.717) is 19.8 Å². The number of amides is 2. The second kappa shape index (κ2) is 11.2. The van der Waals surface area contributed by atoms with Gasteiger partial charge in [0.25, 0.3) is 0 Å². The largest absolute Gasteiger partial charge is 0.481 e. The Labute approximate surface area is 204 Å². The van der Waals surface area contributed by atoms with Gasteiger partial charge in [-0.25, -0.2) is 4.79 Å². The van der Waals surface area contributed by atoms with Crippen LogP contribution in [0, 0.1) is 0 Å². The number of rotatable bonds is 9. The van der Waals surface area contributed by atoms with E-state index >= 15 is 0 Å². The van der Waals surface area contributed by atoms with E-state index in [1.807, 2.05) is 42.5 Å². The number of carboxylic acids is 1. The Kier molecular flexibility index (Phi) is 7.82. The summed E-state index contributed by atoms with van der Waals surface area (Å²) in [6.07, 6.45) is 1.80. The molecular weight excluding hydrogens is 448 g/mol. The van der Waals surface area contributed by atoms with Gasteiger partial charge in [-0.05, 0) is 40.7 Å². The van der Waals surface area contributed by atoms with Crippen LogP contribution < -0.4 is 5.32 Å². The lowest BCUT2D eigenvalue weighted by Crippen LogP contribution is -2.48. The Hall–Kier alpha value is -3.65. The third kappa shape index (κ3) is 5.89. The van der Waals surface area contributed by atoms with Crippen LogP contribution in [0.5, 0.6) is 0 Å². The van der Waals surface area contributed by atoms with Crippen LogP contribution in [-0.4, -0.2) is 67.4 Å². The first-order chi connectivity index (χ1) is 16.9. The molecule has 184 valence electrons. The molecule has 2 aromatic rings. The van der Waals surface area contributed by atoms with Crippen molar-refractivity contribution in [3.8, 4) is 11.1 Å². The number of carbonyl (C=O) groups excluding carboxylic acids is 2. The van der Waals surface area contributed by atoms with Gasteiger partial charge in [-0.1, -0.05) is 54.6 Å². The number of likely N-dealkylation sites (N-methyl/N-ethyl adjacent to an activating group) is 1. The summed E-state index contributed by atoms with van der Waals surface area (Å²) in [7, 11) is 1.63. The molecule has 2 N–H and O–H groups in total. The van der Waals surface area contributed by atoms with Gasteiger partial charge in [-0.3, -0.25) is 9.59 Å². The molecule has 1 aliphatic carbocycles. The minimum absolute atomic E-state index is 0.0295. The first-order valence-electron chi connectivity index (χ1n) is 11.8. The highest BCUT2D eigenvalue weighted by Crippen LogP contribution is 2.44. The van der Waals surface area contributed by atoms with Gasteiger partial charge in [0.15, 0.2) is 0 Å². The fourth-order valence-electron chi connectivity index (χ4n) is 4.67. The van der Waals surface area contributed by atoms with E-state index in [9.17, 15) is 14.4 Å². The number of benzene rings is 2. The van der Waals surface area contributed by atoms with Crippen LogP contribution in [0.2, 0.25) is 0 Å². The third-order valence-electron chi connectivity index (χ3n) is 6.38. The summed E-state index contributed by atoms with van der Waals surface area (Å²) < 4.78 is 11.0. The number of ether oxygens (including phenoxy) is 2. The number of alkyl carbamates (subject to hydrolysis) is 1. The number of fused-ring (bicyclic) bond motifs is 3. The Morgan fingerprint density at radius 1 is 1.11 bits per heavy atom. The standard InChI is InChI=1S/C27H30N2O6/c1-29(15-18-7-6-14-34-16-18)26(32)24(12-13-25(30)31)28-27(33)35-17-23-21-10-4-2-8-19(21)20-9-3-5-11-22(20)23/h2-5,7-11,23-24H,6,12-17H2,1H3,(H,28,33)(H,30,31). The Balaban J connectivity index is 1.40. The normalized spacial score (nSPS) is 15.4. The van der Waals surface area contributed by atoms with Crippen LogP contribution in [0.15, 0.2) is 60.2 Å². The molecule has 1 aliphatic heterocycles. The van der Waals surface area contributed by atoms with E-state index in [4.69, 9.17) is 14.6 Å². The van der Waals surface area contributed by atoms with Gasteiger partial charge in [-0.2, -0.15) is 0 Å². The average molecular weight is 479 g/mol. The van der Waals surface area contributed by atoms with Gasteiger partial charge in [0.2, 0.25) is 5.91 Å². The summed E-state index contributed by atoms with van der Waals surface area (Å²) in [5.41, 5.74) is 5.39. The molecule has 0 aromatic heterocycles. The van der Waals surface area contributed by atoms with Gasteiger partial charge in [0.05, 0.1) is 13.2 Å². The number of carboxylic acid groups (broad SMARTS) is 1. The lowest BCUT2D eigenvalue weighted by atomic mass is 9.98. The van der Waals surface area contributed by atoms with Crippen molar-refractivity contribution in [2.75, 3.05) is 33.4 Å². The number of aliphatic carboxylic acids is 1. The average Bonchev–Trinajstić information content (AvgIpc) is 3.19. The van der Waals surface area contributed by atoms with E-state index in [1.54, 1.807) is 7.05 Å². The number of nitrogens with one attached hydrogen (secondary N) is 1. The first-order valence-corrected chi connectivity index (χ1v) is 11.8. The summed E-state index contributed by atoms with van der Waals surface area (Å²) in [6, 6.07) is 15.0. The van der Waals surface area contributed by atoms with E-state index in [1.165, 1.54) is 4.90 Å². The maximum Gasteiger partial charge on any atom is 0.407 e. The Morgan fingerprint density at radius 2 is 1.77 bits per heavy atom. The van der Waals surface area contributed by atoms with Gasteiger partial charge in [0, 0.05) is 25.9 Å². The van der Waals surface area contributed by atoms with Gasteiger partial charge < -0.3 is 24.8 Å². The molecule has 1 unspecified atom stereocenters. The smallest absolute Gasteiger partial charge is 0.407 e. The van der Waals surface area contributed by atoms with Crippen molar-refractivity contribution in [2.24, 2.45) is 0 Å². The lowest BCUT2D eigenvalue weighted by Gasteiger charge is -2.26. The van der Waals surface area contributed by atoms with Crippen LogP contribution in [-0.2, 0) is 19.1 Å². The van der Waals surface area contributed by atoms with Crippen molar-refractivity contribution in [3.05, 3.63) is 71.3 Å². The van der Waals surface area contributed by atoms with Crippen LogP contribution in [0.3, 0.4) is 0 Å². The minimum atomic E-state index is -1.04. The number of carbonyl (C=O) groups is 3. The minimum Gasteiger partial charge on any atom is -0.481 e. The molecular formula is C27H30N2O6. The fraction of sp³-hybridized carbons (Fsp3) is 0.370. The van der Waals surface area contributed by atoms with Crippen molar-refractivity contribution in [3.63, 3.8) is 0 Å². The molecule has 8 nitrogen and oxygen atoms in total. The highest BCUT2D eigenvalue weighted by molar-refractivity contribution is 5.86. The Bertz CT molecular complexity index is 1080. The molecule has 35 heavy (non-hydrogen) atoms. The van der Waals surface area contributed by atoms with E-state index in [0.717, 1.165) is 34.2 Å². The third-order valence-corrected chi connectivity index (χ3v) is 6.38. The first kappa shape index (κ1) is 24.5. The molecule has 0 bridgehead atoms. The van der Waals surface area contributed by atoms with Crippen molar-refractivity contribution in [1.29, 1.82) is 0 Å². The molecule has 2 amide bonds. The molecule has 0 fully saturated rings. The monoisotopic (exact) mass is 478 g/mol. The predicted molar refractivity (Wildman–Crippen MR) is 130 cm³/mol. The van der Waals surface area contributed by atoms with Gasteiger partial charge >= 0.3 is 12.1 Å². The summed E-state index contributed by atoms with van der Waals surface area (Å²) >= 11 is 0. The topological polar surface area (TPSA) is 105 Å². The highest BCUT2D eigenvalue weighted by atomic mass is 16.5. The maximum atomic E-state index is 13.0. The van der Waals surface area contributed by atoms with Crippen LogP contribution in [0.1, 0.15) is 36.3 Å². The maximum absolute atomic E-state index is 13.0. The number of hydrogen-bond acceptors (Lipinski definition) is 5. The van der Waals surface area contributed by atoms with Crippen LogP contribution >= 0.6 is 0 Å². The molecule has 0 saturated heterocycles. The van der Waals surface area contributed by atoms with Gasteiger partial charge in [-0.15, -0.1) is 0 Å². The molecule has 0 saturated carbocycles. The van der Waals surface area contributed by atoms with Crippen molar-refractivity contribution in [1.82, 2.24) is 10.2 Å². The molecule has 8 heteroatoms. The second-order valence-electron chi connectivity index (χ2n) is 8.85. The zero-order chi connectivity index (χ0) is 24.8. The highest BCUT2D eigenvalue weighted by Gasteiger charge is 2.30. The van der Waals surface area contributed by atoms with E-state index in [-0.39, 0.29) is 31.3 Å². The van der Waals surface area contributed by atoms with Crippen molar-refractivity contribution < 1.29 is 29.0 Å². The zero-order valence-corrected chi connectivity index (χ0v) is 19.7. The van der Waals surface area contributed by atoms with Crippen LogP contribution in [0.25, 0.3) is 11.1 Å². The molecule has 4 rings (SSSR count). The van der Waals surface area contributed by atoms with Crippen molar-refractivity contribution in [2.45, 2.75) is 31.2 Å². The summed E-state index contributed by atoms with van der Waals surface area (Å²) in [4.78, 5) is 38.4. The number of nitrogens with zero attached hydrogens (tertiary/aromatic N) is 1. The zero-order valence-electron chi connectivity index (χ0n) is 19.7.